The number of likely N-dealkylation sites (tertiary alicyclic amines) is 1. The molecule has 3 aromatic rings. The first-order valence-electron chi connectivity index (χ1n) is 12.3. The lowest BCUT2D eigenvalue weighted by Gasteiger charge is -2.40. The maximum absolute atomic E-state index is 14.8. The molecule has 0 spiro atoms. The van der Waals surface area contributed by atoms with E-state index in [1.54, 1.807) is 23.7 Å². The van der Waals surface area contributed by atoms with Gasteiger partial charge in [0.2, 0.25) is 5.91 Å². The van der Waals surface area contributed by atoms with Crippen LogP contribution in [0.15, 0.2) is 36.5 Å². The number of amides is 1. The summed E-state index contributed by atoms with van der Waals surface area (Å²) in [6.07, 6.45) is 0.560. The first-order chi connectivity index (χ1) is 18.7. The number of methoxy groups -OCH3 is 1. The van der Waals surface area contributed by atoms with Gasteiger partial charge in [-0.2, -0.15) is 0 Å². The second-order valence-corrected chi connectivity index (χ2v) is 9.51. The molecule has 39 heavy (non-hydrogen) atoms. The van der Waals surface area contributed by atoms with Gasteiger partial charge in [0.25, 0.3) is 0 Å². The molecule has 1 aliphatic rings. The highest BCUT2D eigenvalue weighted by atomic mass is 19.2. The van der Waals surface area contributed by atoms with Crippen molar-refractivity contribution in [2.24, 2.45) is 5.41 Å². The monoisotopic (exact) mass is 545 g/mol. The molecule has 1 aromatic heterocycles. The summed E-state index contributed by atoms with van der Waals surface area (Å²) in [4.78, 5) is 18.6. The van der Waals surface area contributed by atoms with Crippen LogP contribution in [0.3, 0.4) is 0 Å². The van der Waals surface area contributed by atoms with Gasteiger partial charge >= 0.3 is 0 Å². The normalized spacial score (nSPS) is 15.9. The van der Waals surface area contributed by atoms with Crippen LogP contribution in [0.25, 0.3) is 10.9 Å². The quantitative estimate of drug-likeness (QED) is 0.135. The van der Waals surface area contributed by atoms with Crippen LogP contribution < -0.4 is 10.2 Å². The zero-order valence-electron chi connectivity index (χ0n) is 21.1. The summed E-state index contributed by atoms with van der Waals surface area (Å²) in [5, 5.41) is 20.8. The highest BCUT2D eigenvalue weighted by Gasteiger charge is 2.41. The number of aromatic nitrogens is 1. The number of fused-ring (bicyclic) bond motifs is 1. The Balaban J connectivity index is 1.45. The molecule has 0 radical (unpaired) electrons. The summed E-state index contributed by atoms with van der Waals surface area (Å²) in [6.45, 7) is 0.914. The number of hydroxylamine groups is 1. The summed E-state index contributed by atoms with van der Waals surface area (Å²) in [5.74, 6) is 0.823. The third kappa shape index (κ3) is 6.14. The number of halogens is 4. The first-order valence-corrected chi connectivity index (χ1v) is 12.3. The van der Waals surface area contributed by atoms with E-state index in [2.05, 4.69) is 16.8 Å². The lowest BCUT2D eigenvalue weighted by molar-refractivity contribution is -0.143. The van der Waals surface area contributed by atoms with Gasteiger partial charge in [0.1, 0.15) is 17.4 Å². The Morgan fingerprint density at radius 1 is 1.18 bits per heavy atom. The Labute approximate surface area is 222 Å². The number of hydrogen-bond acceptors (Lipinski definition) is 6. The number of aliphatic hydroxyl groups is 1. The molecular weight excluding hydrogens is 518 g/mol. The second kappa shape index (κ2) is 12.0. The molecule has 1 amide bonds. The van der Waals surface area contributed by atoms with Gasteiger partial charge in [-0.25, -0.2) is 23.0 Å². The van der Waals surface area contributed by atoms with Gasteiger partial charge in [0.15, 0.2) is 11.6 Å². The van der Waals surface area contributed by atoms with Crippen LogP contribution in [-0.4, -0.2) is 52.8 Å². The molecule has 0 saturated carbocycles. The van der Waals surface area contributed by atoms with Gasteiger partial charge in [-0.3, -0.25) is 19.9 Å². The van der Waals surface area contributed by atoms with Crippen LogP contribution in [0.5, 0.6) is 5.75 Å². The molecule has 206 valence electrons. The molecule has 3 N–H and O–H groups in total. The predicted molar refractivity (Wildman–Crippen MR) is 134 cm³/mol. The van der Waals surface area contributed by atoms with Gasteiger partial charge in [0.05, 0.1) is 42.5 Å². The molecule has 1 atom stereocenters. The lowest BCUT2D eigenvalue weighted by atomic mass is 9.73. The fourth-order valence-corrected chi connectivity index (χ4v) is 4.93. The summed E-state index contributed by atoms with van der Waals surface area (Å²) >= 11 is 0. The molecule has 1 fully saturated rings. The SMILES string of the molecule is COc1ccc2ncc(F)c([C@H](O)CCC3(C(=O)NO)CCN(CC#Cc4cc(F)cc(F)c4F)CC3)c2c1. The number of aliphatic hydroxyl groups excluding tert-OH is 1. The van der Waals surface area contributed by atoms with E-state index in [0.29, 0.717) is 48.6 Å². The molecular formula is C28H27F4N3O4. The van der Waals surface area contributed by atoms with Crippen molar-refractivity contribution in [2.45, 2.75) is 31.8 Å². The number of carbonyl (C=O) groups is 1. The fourth-order valence-electron chi connectivity index (χ4n) is 4.93. The van der Waals surface area contributed by atoms with Crippen molar-refractivity contribution in [1.82, 2.24) is 15.4 Å². The number of nitrogens with one attached hydrogen (secondary N) is 1. The van der Waals surface area contributed by atoms with Crippen molar-refractivity contribution in [3.05, 3.63) is 70.9 Å². The van der Waals surface area contributed by atoms with E-state index in [1.165, 1.54) is 7.11 Å². The standard InChI is InChI=1S/C28H27F4N3O4/c1-39-19-4-5-23-20(15-19)25(22(31)16-33-23)24(36)6-7-28(27(37)34-38)8-11-35(12-9-28)10-2-3-17-13-18(29)14-21(30)26(17)32/h4-5,13-16,24,36,38H,6-12H2,1H3,(H,34,37)/t24-/m1/s1. The number of hydrogen-bond donors (Lipinski definition) is 3. The van der Waals surface area contributed by atoms with Crippen molar-refractivity contribution in [1.29, 1.82) is 0 Å². The maximum atomic E-state index is 14.8. The van der Waals surface area contributed by atoms with E-state index < -0.39 is 40.7 Å². The van der Waals surface area contributed by atoms with E-state index in [1.807, 2.05) is 4.90 Å². The Morgan fingerprint density at radius 3 is 2.62 bits per heavy atom. The number of ether oxygens (including phenoxy) is 1. The highest BCUT2D eigenvalue weighted by Crippen LogP contribution is 2.40. The number of nitrogens with zero attached hydrogens (tertiary/aromatic N) is 2. The maximum Gasteiger partial charge on any atom is 0.249 e. The van der Waals surface area contributed by atoms with Crippen LogP contribution in [0.2, 0.25) is 0 Å². The van der Waals surface area contributed by atoms with Crippen LogP contribution in [0.4, 0.5) is 17.6 Å². The average molecular weight is 546 g/mol. The van der Waals surface area contributed by atoms with Crippen molar-refractivity contribution < 1.29 is 37.4 Å². The Kier molecular flexibility index (Phi) is 8.70. The van der Waals surface area contributed by atoms with Crippen LogP contribution >= 0.6 is 0 Å². The average Bonchev–Trinajstić information content (AvgIpc) is 2.94. The van der Waals surface area contributed by atoms with E-state index in [9.17, 15) is 32.7 Å². The molecule has 11 heteroatoms. The van der Waals surface area contributed by atoms with Crippen LogP contribution in [-0.2, 0) is 4.79 Å². The smallest absolute Gasteiger partial charge is 0.249 e. The van der Waals surface area contributed by atoms with Gasteiger partial charge in [0, 0.05) is 30.1 Å². The molecule has 0 unspecified atom stereocenters. The fraction of sp³-hybridized carbons (Fsp3) is 0.357. The van der Waals surface area contributed by atoms with Crippen molar-refractivity contribution >= 4 is 16.8 Å². The third-order valence-electron chi connectivity index (χ3n) is 7.21. The van der Waals surface area contributed by atoms with Gasteiger partial charge in [-0.15, -0.1) is 0 Å². The molecule has 2 heterocycles. The number of carbonyl (C=O) groups excluding carboxylic acids is 1. The van der Waals surface area contributed by atoms with Crippen molar-refractivity contribution in [3.8, 4) is 17.6 Å². The second-order valence-electron chi connectivity index (χ2n) is 9.51. The Bertz CT molecular complexity index is 1430. The van der Waals surface area contributed by atoms with Crippen molar-refractivity contribution in [3.63, 3.8) is 0 Å². The molecule has 0 aliphatic carbocycles. The minimum Gasteiger partial charge on any atom is -0.497 e. The summed E-state index contributed by atoms with van der Waals surface area (Å²) in [5.41, 5.74) is 0.814. The highest BCUT2D eigenvalue weighted by molar-refractivity contribution is 5.84. The van der Waals surface area contributed by atoms with E-state index in [-0.39, 0.29) is 30.5 Å². The Morgan fingerprint density at radius 2 is 1.92 bits per heavy atom. The van der Waals surface area contributed by atoms with Gasteiger partial charge in [-0.1, -0.05) is 11.8 Å². The Hall–Kier alpha value is -3.72. The van der Waals surface area contributed by atoms with Gasteiger partial charge < -0.3 is 9.84 Å². The zero-order chi connectivity index (χ0) is 28.2. The summed E-state index contributed by atoms with van der Waals surface area (Å²) < 4.78 is 60.6. The lowest BCUT2D eigenvalue weighted by Crippen LogP contribution is -2.48. The first kappa shape index (κ1) is 28.3. The molecule has 4 rings (SSSR count). The third-order valence-corrected chi connectivity index (χ3v) is 7.21. The number of rotatable bonds is 7. The van der Waals surface area contributed by atoms with E-state index in [4.69, 9.17) is 4.74 Å². The largest absolute Gasteiger partial charge is 0.497 e. The van der Waals surface area contributed by atoms with Crippen LogP contribution in [0, 0.1) is 40.5 Å². The van der Waals surface area contributed by atoms with Gasteiger partial charge in [-0.05, 0) is 49.9 Å². The van der Waals surface area contributed by atoms with E-state index in [0.717, 1.165) is 12.3 Å². The molecule has 7 nitrogen and oxygen atoms in total. The molecule has 1 aliphatic heterocycles. The van der Waals surface area contributed by atoms with Crippen molar-refractivity contribution in [2.75, 3.05) is 26.7 Å². The zero-order valence-corrected chi connectivity index (χ0v) is 21.1. The minimum atomic E-state index is -1.32. The number of piperidine rings is 1. The number of benzene rings is 2. The number of pyridine rings is 1. The van der Waals surface area contributed by atoms with E-state index >= 15 is 0 Å². The predicted octanol–water partition coefficient (Wildman–Crippen LogP) is 4.25. The van der Waals surface area contributed by atoms with Crippen LogP contribution in [0.1, 0.15) is 42.9 Å². The summed E-state index contributed by atoms with van der Waals surface area (Å²) in [7, 11) is 1.47. The summed E-state index contributed by atoms with van der Waals surface area (Å²) in [6, 6.07) is 6.17. The molecule has 0 bridgehead atoms. The topological polar surface area (TPSA) is 94.9 Å². The minimum absolute atomic E-state index is 0.0326. The molecule has 2 aromatic carbocycles. The molecule has 1 saturated heterocycles.